The summed E-state index contributed by atoms with van der Waals surface area (Å²) in [7, 11) is 0. The molecular formula is C40H49N3O9. The highest BCUT2D eigenvalue weighted by Gasteiger charge is 2.31. The smallest absolute Gasteiger partial charge is 0.445 e. The highest BCUT2D eigenvalue weighted by Crippen LogP contribution is 2.44. The van der Waals surface area contributed by atoms with Crippen LogP contribution in [0.15, 0.2) is 78.9 Å². The molecule has 0 aliphatic heterocycles. The zero-order valence-corrected chi connectivity index (χ0v) is 30.1. The van der Waals surface area contributed by atoms with E-state index in [9.17, 15) is 24.0 Å². The Kier molecular flexibility index (Phi) is 15.0. The summed E-state index contributed by atoms with van der Waals surface area (Å²) in [5.74, 6) is -1.29. The molecule has 0 spiro atoms. The summed E-state index contributed by atoms with van der Waals surface area (Å²) in [5, 5.41) is 8.07. The lowest BCUT2D eigenvalue weighted by Crippen LogP contribution is -2.43. The van der Waals surface area contributed by atoms with Gasteiger partial charge in [-0.3, -0.25) is 4.79 Å². The lowest BCUT2D eigenvalue weighted by atomic mass is 9.98. The van der Waals surface area contributed by atoms with Gasteiger partial charge in [-0.15, -0.1) is 0 Å². The molecule has 278 valence electrons. The van der Waals surface area contributed by atoms with Crippen LogP contribution in [0.5, 0.6) is 0 Å². The molecule has 12 nitrogen and oxygen atoms in total. The minimum atomic E-state index is -1.19. The number of alkyl carbamates (subject to hydrolysis) is 2. The zero-order valence-electron chi connectivity index (χ0n) is 30.1. The van der Waals surface area contributed by atoms with Gasteiger partial charge in [-0.2, -0.15) is 0 Å². The fourth-order valence-electron chi connectivity index (χ4n) is 5.81. The molecule has 4 rings (SSSR count). The Labute approximate surface area is 304 Å². The molecule has 3 amide bonds. The van der Waals surface area contributed by atoms with Crippen LogP contribution in [0.25, 0.3) is 11.1 Å². The summed E-state index contributed by atoms with van der Waals surface area (Å²) in [4.78, 5) is 62.5. The van der Waals surface area contributed by atoms with Crippen molar-refractivity contribution in [2.24, 2.45) is 0 Å². The molecule has 12 heteroatoms. The van der Waals surface area contributed by atoms with E-state index in [1.165, 1.54) is 0 Å². The Hall–Kier alpha value is -5.39. The second-order valence-corrected chi connectivity index (χ2v) is 13.6. The average molecular weight is 716 g/mol. The molecule has 1 atom stereocenters. The van der Waals surface area contributed by atoms with Crippen molar-refractivity contribution in [2.75, 3.05) is 19.7 Å². The molecular weight excluding hydrogens is 666 g/mol. The zero-order chi connectivity index (χ0) is 37.3. The number of fused-ring (bicyclic) bond motifs is 3. The minimum absolute atomic E-state index is 0.00684. The van der Waals surface area contributed by atoms with Crippen LogP contribution in [0.1, 0.15) is 88.3 Å². The van der Waals surface area contributed by atoms with E-state index in [0.29, 0.717) is 38.8 Å². The van der Waals surface area contributed by atoms with E-state index in [4.69, 9.17) is 18.9 Å². The van der Waals surface area contributed by atoms with Crippen LogP contribution in [0, 0.1) is 0 Å². The summed E-state index contributed by atoms with van der Waals surface area (Å²) in [6.45, 7) is 6.20. The summed E-state index contributed by atoms with van der Waals surface area (Å²) in [6, 6.07) is 23.7. The van der Waals surface area contributed by atoms with Gasteiger partial charge in [0.1, 0.15) is 24.9 Å². The van der Waals surface area contributed by atoms with Gasteiger partial charge < -0.3 is 34.9 Å². The Bertz CT molecular complexity index is 1610. The Morgan fingerprint density at radius 2 is 1.31 bits per heavy atom. The lowest BCUT2D eigenvalue weighted by molar-refractivity contribution is -0.142. The third-order valence-corrected chi connectivity index (χ3v) is 8.29. The van der Waals surface area contributed by atoms with E-state index in [-0.39, 0.29) is 31.5 Å². The van der Waals surface area contributed by atoms with Crippen molar-refractivity contribution >= 4 is 30.2 Å². The van der Waals surface area contributed by atoms with Crippen molar-refractivity contribution < 1.29 is 42.9 Å². The predicted molar refractivity (Wildman–Crippen MR) is 194 cm³/mol. The molecule has 0 bridgehead atoms. The van der Waals surface area contributed by atoms with Gasteiger partial charge in [0.15, 0.2) is 0 Å². The largest absolute Gasteiger partial charge is 0.516 e. The van der Waals surface area contributed by atoms with E-state index in [0.717, 1.165) is 40.7 Å². The van der Waals surface area contributed by atoms with Crippen molar-refractivity contribution in [3.63, 3.8) is 0 Å². The number of unbranched alkanes of at least 4 members (excludes halogenated alkanes) is 3. The first-order chi connectivity index (χ1) is 25.0. The van der Waals surface area contributed by atoms with Crippen LogP contribution in [-0.4, -0.2) is 61.6 Å². The highest BCUT2D eigenvalue weighted by atomic mass is 16.7. The van der Waals surface area contributed by atoms with Gasteiger partial charge in [-0.1, -0.05) is 85.3 Å². The maximum absolute atomic E-state index is 13.1. The van der Waals surface area contributed by atoms with Gasteiger partial charge in [-0.25, -0.2) is 19.2 Å². The number of rotatable bonds is 17. The number of nitrogens with one attached hydrogen (secondary N) is 3. The second kappa shape index (κ2) is 19.9. The number of esters is 1. The molecule has 52 heavy (non-hydrogen) atoms. The first kappa shape index (κ1) is 39.4. The SMILES string of the molecule is CC(C)(C)OC(=O)NCCCCCC(=O)NCCCC[C@H](NC(=O)OCc1ccccc1)C(=O)OC(=O)OCC1c2ccccc2-c2ccccc21. The normalized spacial score (nSPS) is 12.4. The third kappa shape index (κ3) is 13.1. The van der Waals surface area contributed by atoms with E-state index in [1.807, 2.05) is 66.7 Å². The Morgan fingerprint density at radius 3 is 1.98 bits per heavy atom. The van der Waals surface area contributed by atoms with Crippen molar-refractivity contribution in [3.05, 3.63) is 95.6 Å². The summed E-state index contributed by atoms with van der Waals surface area (Å²) in [6.07, 6.45) is 1.12. The van der Waals surface area contributed by atoms with E-state index in [2.05, 4.69) is 16.0 Å². The molecule has 0 radical (unpaired) electrons. The van der Waals surface area contributed by atoms with Crippen LogP contribution in [-0.2, 0) is 35.1 Å². The molecule has 0 saturated carbocycles. The van der Waals surface area contributed by atoms with E-state index >= 15 is 0 Å². The fourth-order valence-corrected chi connectivity index (χ4v) is 5.81. The third-order valence-electron chi connectivity index (χ3n) is 8.29. The number of ether oxygens (including phenoxy) is 4. The molecule has 3 aromatic carbocycles. The van der Waals surface area contributed by atoms with Gasteiger partial charge in [0, 0.05) is 25.4 Å². The van der Waals surface area contributed by atoms with Gasteiger partial charge in [0.25, 0.3) is 0 Å². The van der Waals surface area contributed by atoms with Gasteiger partial charge in [-0.05, 0) is 80.7 Å². The number of hydrogen-bond donors (Lipinski definition) is 3. The summed E-state index contributed by atoms with van der Waals surface area (Å²) >= 11 is 0. The van der Waals surface area contributed by atoms with Crippen LogP contribution in [0.2, 0.25) is 0 Å². The molecule has 0 aromatic heterocycles. The molecule has 0 unspecified atom stereocenters. The Morgan fingerprint density at radius 1 is 0.692 bits per heavy atom. The van der Waals surface area contributed by atoms with Crippen molar-refractivity contribution in [1.82, 2.24) is 16.0 Å². The molecule has 3 aromatic rings. The topological polar surface area (TPSA) is 158 Å². The molecule has 0 heterocycles. The maximum atomic E-state index is 13.1. The Balaban J connectivity index is 1.20. The van der Waals surface area contributed by atoms with E-state index in [1.54, 1.807) is 32.9 Å². The number of carbonyl (C=O) groups excluding carboxylic acids is 5. The number of amides is 3. The van der Waals surface area contributed by atoms with Gasteiger partial charge >= 0.3 is 24.3 Å². The maximum Gasteiger partial charge on any atom is 0.516 e. The average Bonchev–Trinajstić information content (AvgIpc) is 3.43. The molecule has 0 saturated heterocycles. The quantitative estimate of drug-likeness (QED) is 0.0571. The van der Waals surface area contributed by atoms with Crippen LogP contribution in [0.4, 0.5) is 14.4 Å². The minimum Gasteiger partial charge on any atom is -0.445 e. The highest BCUT2D eigenvalue weighted by molar-refractivity contribution is 5.88. The molecule has 3 N–H and O–H groups in total. The van der Waals surface area contributed by atoms with E-state index < -0.39 is 36.0 Å². The molecule has 1 aliphatic rings. The summed E-state index contributed by atoms with van der Waals surface area (Å²) in [5.41, 5.74) is 4.38. The van der Waals surface area contributed by atoms with Crippen LogP contribution < -0.4 is 16.0 Å². The number of carbonyl (C=O) groups is 5. The fraction of sp³-hybridized carbons (Fsp3) is 0.425. The van der Waals surface area contributed by atoms with Crippen LogP contribution in [0.3, 0.4) is 0 Å². The molecule has 1 aliphatic carbocycles. The van der Waals surface area contributed by atoms with Crippen molar-refractivity contribution in [2.45, 2.75) is 89.9 Å². The van der Waals surface area contributed by atoms with Gasteiger partial charge in [0.2, 0.25) is 5.91 Å². The number of hydrogen-bond acceptors (Lipinski definition) is 9. The number of benzene rings is 3. The second-order valence-electron chi connectivity index (χ2n) is 13.6. The monoisotopic (exact) mass is 715 g/mol. The van der Waals surface area contributed by atoms with Crippen molar-refractivity contribution in [3.8, 4) is 11.1 Å². The summed E-state index contributed by atoms with van der Waals surface area (Å²) < 4.78 is 21.0. The first-order valence-corrected chi connectivity index (χ1v) is 17.8. The predicted octanol–water partition coefficient (Wildman–Crippen LogP) is 7.15. The molecule has 0 fully saturated rings. The standard InChI is InChI=1S/C40H49N3O9/c1-40(2,3)52-37(46)42-25-14-5-8-23-35(44)41-24-15-13-22-34(43-38(47)49-26-28-16-6-4-7-17-28)36(45)51-39(48)50-27-33-31-20-11-9-18-29(31)30-19-10-12-21-32(30)33/h4,6-7,9-12,16-21,33-34H,5,8,13-15,22-27H2,1-3H3,(H,41,44)(H,42,46)(H,43,47)/t34-/m0/s1. The van der Waals surface area contributed by atoms with Crippen molar-refractivity contribution in [1.29, 1.82) is 0 Å². The van der Waals surface area contributed by atoms with Crippen LogP contribution >= 0.6 is 0 Å². The van der Waals surface area contributed by atoms with Gasteiger partial charge in [0.05, 0.1) is 0 Å². The first-order valence-electron chi connectivity index (χ1n) is 17.8. The lowest BCUT2D eigenvalue weighted by Gasteiger charge is -2.19.